The Balaban J connectivity index is 1.79. The Labute approximate surface area is 199 Å². The van der Waals surface area contributed by atoms with Gasteiger partial charge in [0.1, 0.15) is 43.5 Å². The van der Waals surface area contributed by atoms with Crippen LogP contribution in [0.15, 0.2) is 17.6 Å². The zero-order chi connectivity index (χ0) is 25.4. The maximum Gasteiger partial charge on any atom is 0.798 e. The minimum atomic E-state index is -3.22. The third-order valence-corrected chi connectivity index (χ3v) is 7.00. The highest BCUT2D eigenvalue weighted by molar-refractivity contribution is 7.53. The second kappa shape index (κ2) is 12.9. The van der Waals surface area contributed by atoms with Gasteiger partial charge in [-0.2, -0.15) is 0 Å². The molecule has 1 saturated heterocycles. The molecule has 0 amide bonds. The zero-order valence-electron chi connectivity index (χ0n) is 17.6. The standard InChI is InChI=1S/C15H17N8O9P3/c16-3-1-2-9-5-23(15-13(9)14(17)19-7-20-15)12-4-10(28-8-21-22-18)11(30-12)6-29-34(26)32-35(27)31-33(24)25/h5,7,10-12H,3-4,6,8,16H2,(H2-,17,19,20,24,25)/q+2/p+1. The molecular formula is C15H18N8O9P3+3. The van der Waals surface area contributed by atoms with Gasteiger partial charge in [0.25, 0.3) is 0 Å². The normalized spacial score (nSPS) is 20.6. The molecule has 0 bridgehead atoms. The van der Waals surface area contributed by atoms with Crippen molar-refractivity contribution in [3.8, 4) is 11.8 Å². The fraction of sp³-hybridized carbons (Fsp3) is 0.467. The fourth-order valence-corrected chi connectivity index (χ4v) is 4.94. The van der Waals surface area contributed by atoms with Crippen molar-refractivity contribution in [2.24, 2.45) is 10.8 Å². The minimum absolute atomic E-state index is 0.126. The molecule has 1 fully saturated rings. The van der Waals surface area contributed by atoms with Crippen LogP contribution in [0.1, 0.15) is 18.2 Å². The van der Waals surface area contributed by atoms with Gasteiger partial charge in [-0.3, -0.25) is 0 Å². The number of nitrogens with two attached hydrogens (primary N) is 2. The van der Waals surface area contributed by atoms with E-state index in [4.69, 9.17) is 35.9 Å². The summed E-state index contributed by atoms with van der Waals surface area (Å²) < 4.78 is 60.3. The smallest absolute Gasteiger partial charge is 0.383 e. The second-order valence-electron chi connectivity index (χ2n) is 6.49. The van der Waals surface area contributed by atoms with Gasteiger partial charge in [0.2, 0.25) is 0 Å². The van der Waals surface area contributed by atoms with Crippen LogP contribution in [0.2, 0.25) is 0 Å². The fourth-order valence-electron chi connectivity index (χ4n) is 3.20. The molecule has 2 aromatic heterocycles. The number of anilines is 1. The van der Waals surface area contributed by atoms with Gasteiger partial charge < -0.3 is 25.5 Å². The molecule has 0 radical (unpaired) electrons. The van der Waals surface area contributed by atoms with Crippen LogP contribution in [0.5, 0.6) is 0 Å². The molecule has 0 aromatic carbocycles. The number of azide groups is 1. The number of nitrogen functional groups attached to an aromatic ring is 1. The Kier molecular flexibility index (Phi) is 9.88. The summed E-state index contributed by atoms with van der Waals surface area (Å²) >= 11 is 0. The lowest BCUT2D eigenvalue weighted by atomic mass is 10.2. The van der Waals surface area contributed by atoms with Crippen LogP contribution in [-0.4, -0.2) is 51.5 Å². The van der Waals surface area contributed by atoms with Gasteiger partial charge in [0.05, 0.1) is 23.6 Å². The van der Waals surface area contributed by atoms with Gasteiger partial charge >= 0.3 is 24.8 Å². The Bertz CT molecular complexity index is 1240. The highest BCUT2D eigenvalue weighted by atomic mass is 31.2. The number of fused-ring (bicyclic) bond motifs is 1. The van der Waals surface area contributed by atoms with Crippen molar-refractivity contribution in [2.75, 3.05) is 25.6 Å². The maximum atomic E-state index is 11.9. The van der Waals surface area contributed by atoms with Crippen LogP contribution in [-0.2, 0) is 36.3 Å². The molecule has 0 aliphatic carbocycles. The summed E-state index contributed by atoms with van der Waals surface area (Å²) in [5.74, 6) is 5.87. The van der Waals surface area contributed by atoms with Gasteiger partial charge in [-0.1, -0.05) is 17.0 Å². The van der Waals surface area contributed by atoms with Crippen LogP contribution in [0.4, 0.5) is 5.82 Å². The van der Waals surface area contributed by atoms with E-state index in [1.54, 1.807) is 10.8 Å². The predicted octanol–water partition coefficient (Wildman–Crippen LogP) is 2.28. The molecular weight excluding hydrogens is 529 g/mol. The van der Waals surface area contributed by atoms with Gasteiger partial charge in [0, 0.05) is 31.2 Å². The molecule has 6 unspecified atom stereocenters. The summed E-state index contributed by atoms with van der Waals surface area (Å²) in [7, 11) is -9.36. The quantitative estimate of drug-likeness (QED) is 0.120. The Hall–Kier alpha value is -2.69. The van der Waals surface area contributed by atoms with E-state index in [-0.39, 0.29) is 32.1 Å². The third kappa shape index (κ3) is 7.16. The highest BCUT2D eigenvalue weighted by Gasteiger charge is 2.49. The lowest BCUT2D eigenvalue weighted by Crippen LogP contribution is -2.28. The average molecular weight is 547 g/mol. The van der Waals surface area contributed by atoms with E-state index < -0.39 is 43.2 Å². The molecule has 35 heavy (non-hydrogen) atoms. The van der Waals surface area contributed by atoms with E-state index in [2.05, 4.69) is 40.5 Å². The maximum absolute atomic E-state index is 11.9. The third-order valence-electron chi connectivity index (χ3n) is 4.48. The minimum Gasteiger partial charge on any atom is -0.383 e. The van der Waals surface area contributed by atoms with Crippen molar-refractivity contribution in [1.29, 1.82) is 0 Å². The number of hydrogen-bond acceptors (Lipinski definition) is 13. The molecule has 20 heteroatoms. The summed E-state index contributed by atoms with van der Waals surface area (Å²) in [6.07, 6.45) is 0.957. The lowest BCUT2D eigenvalue weighted by Gasteiger charge is -2.15. The number of nitrogens with zero attached hydrogens (tertiary/aromatic N) is 6. The first kappa shape index (κ1) is 26.9. The summed E-state index contributed by atoms with van der Waals surface area (Å²) in [4.78, 5) is 19.4. The molecule has 0 spiro atoms. The molecule has 1 aliphatic heterocycles. The van der Waals surface area contributed by atoms with E-state index >= 15 is 0 Å². The monoisotopic (exact) mass is 547 g/mol. The first-order valence-corrected chi connectivity index (χ1v) is 12.8. The van der Waals surface area contributed by atoms with Gasteiger partial charge in [-0.15, -0.1) is 9.42 Å². The highest BCUT2D eigenvalue weighted by Crippen LogP contribution is 2.45. The summed E-state index contributed by atoms with van der Waals surface area (Å²) in [5.41, 5.74) is 21.0. The van der Waals surface area contributed by atoms with Crippen LogP contribution in [0.25, 0.3) is 21.5 Å². The number of ether oxygens (including phenoxy) is 2. The predicted molar refractivity (Wildman–Crippen MR) is 118 cm³/mol. The van der Waals surface area contributed by atoms with Crippen LogP contribution in [0.3, 0.4) is 0 Å². The Morgan fingerprint density at radius 1 is 1.34 bits per heavy atom. The lowest BCUT2D eigenvalue weighted by molar-refractivity contribution is -0.0547. The number of aromatic nitrogens is 3. The van der Waals surface area contributed by atoms with Crippen molar-refractivity contribution >= 4 is 41.6 Å². The molecule has 2 aromatic rings. The number of hydrogen-bond donors (Lipinski definition) is 3. The SMILES string of the molecule is [N-]=[N+]=NCOC1CC(n2cc(C#CCN)c3c(N)ncnc32)OC1CO[P+](=O)O[P+](=O)O[P+](=O)O. The largest absolute Gasteiger partial charge is 0.798 e. The van der Waals surface area contributed by atoms with Crippen molar-refractivity contribution in [2.45, 2.75) is 24.9 Å². The molecule has 184 valence electrons. The van der Waals surface area contributed by atoms with Crippen molar-refractivity contribution in [3.05, 3.63) is 28.5 Å². The first-order chi connectivity index (χ1) is 16.8. The van der Waals surface area contributed by atoms with Gasteiger partial charge in [-0.25, -0.2) is 9.97 Å². The van der Waals surface area contributed by atoms with E-state index in [9.17, 15) is 13.7 Å². The van der Waals surface area contributed by atoms with Crippen molar-refractivity contribution in [3.63, 3.8) is 0 Å². The van der Waals surface area contributed by atoms with Crippen molar-refractivity contribution < 1.29 is 41.2 Å². The van der Waals surface area contributed by atoms with Gasteiger partial charge in [0.15, 0.2) is 8.62 Å². The zero-order valence-corrected chi connectivity index (χ0v) is 20.3. The van der Waals surface area contributed by atoms with Crippen molar-refractivity contribution in [1.82, 2.24) is 14.5 Å². The van der Waals surface area contributed by atoms with Crippen LogP contribution < -0.4 is 11.5 Å². The Morgan fingerprint density at radius 3 is 2.86 bits per heavy atom. The first-order valence-electron chi connectivity index (χ1n) is 9.51. The molecule has 1 aliphatic rings. The molecule has 17 nitrogen and oxygen atoms in total. The topological polar surface area (TPSA) is 249 Å². The summed E-state index contributed by atoms with van der Waals surface area (Å²) in [6.45, 7) is -0.549. The second-order valence-corrected chi connectivity index (χ2v) is 9.42. The average Bonchev–Trinajstić information content (AvgIpc) is 3.38. The molecule has 3 heterocycles. The molecule has 5 N–H and O–H groups in total. The van der Waals surface area contributed by atoms with Gasteiger partial charge in [-0.05, 0) is 5.53 Å². The number of rotatable bonds is 11. The van der Waals surface area contributed by atoms with Crippen LogP contribution >= 0.6 is 24.8 Å². The summed E-state index contributed by atoms with van der Waals surface area (Å²) in [6, 6.07) is 0. The molecule has 0 saturated carbocycles. The Morgan fingerprint density at radius 2 is 2.14 bits per heavy atom. The molecule has 3 rings (SSSR count). The van der Waals surface area contributed by atoms with E-state index in [1.165, 1.54) is 6.33 Å². The summed E-state index contributed by atoms with van der Waals surface area (Å²) in [5, 5.41) is 3.83. The van der Waals surface area contributed by atoms with E-state index in [0.717, 1.165) is 0 Å². The van der Waals surface area contributed by atoms with Crippen LogP contribution in [0, 0.1) is 11.8 Å². The molecule has 6 atom stereocenters. The van der Waals surface area contributed by atoms with E-state index in [0.29, 0.717) is 16.6 Å². The van der Waals surface area contributed by atoms with E-state index in [1.807, 2.05) is 0 Å².